The molecule has 2 N–H and O–H groups in total. The van der Waals surface area contributed by atoms with Crippen LogP contribution >= 0.6 is 0 Å². The number of hydrogen-bond donors (Lipinski definition) is 2. The van der Waals surface area contributed by atoms with Gasteiger partial charge >= 0.3 is 11.8 Å². The van der Waals surface area contributed by atoms with Gasteiger partial charge in [-0.3, -0.25) is 9.59 Å². The molecule has 0 spiro atoms. The van der Waals surface area contributed by atoms with Gasteiger partial charge in [-0.15, -0.1) is 0 Å². The van der Waals surface area contributed by atoms with Gasteiger partial charge in [-0.05, 0) is 81.8 Å². The first-order chi connectivity index (χ1) is 15.0. The fourth-order valence-corrected chi connectivity index (χ4v) is 6.43. The number of benzene rings is 2. The standard InChI is InChI=1S/C24H31N3O4S/c1-15-11-18(4)22(19(5)12-15)32(30,31)27-10-6-7-21(27)14-25-23(28)24(29)26-20-9-8-16(2)17(3)13-20/h8-9,11-13,21H,6-7,10,14H2,1-5H3,(H,25,28)(H,26,29)/t21-/m1/s1. The predicted molar refractivity (Wildman–Crippen MR) is 125 cm³/mol. The van der Waals surface area contributed by atoms with Crippen LogP contribution in [-0.2, 0) is 19.6 Å². The molecular weight excluding hydrogens is 426 g/mol. The summed E-state index contributed by atoms with van der Waals surface area (Å²) in [6.07, 6.45) is 1.33. The van der Waals surface area contributed by atoms with E-state index in [-0.39, 0.29) is 6.54 Å². The van der Waals surface area contributed by atoms with E-state index in [9.17, 15) is 18.0 Å². The highest BCUT2D eigenvalue weighted by Gasteiger charge is 2.37. The highest BCUT2D eigenvalue weighted by atomic mass is 32.2. The van der Waals surface area contributed by atoms with E-state index in [0.29, 0.717) is 41.1 Å². The molecule has 1 aliphatic heterocycles. The molecule has 0 unspecified atom stereocenters. The summed E-state index contributed by atoms with van der Waals surface area (Å²) in [5, 5.41) is 5.20. The quantitative estimate of drug-likeness (QED) is 0.675. The fraction of sp³-hybridized carbons (Fsp3) is 0.417. The Morgan fingerprint density at radius 3 is 2.22 bits per heavy atom. The Bertz CT molecular complexity index is 1130. The Morgan fingerprint density at radius 1 is 0.938 bits per heavy atom. The van der Waals surface area contributed by atoms with Crippen molar-refractivity contribution in [2.45, 2.75) is 58.4 Å². The number of sulfonamides is 1. The molecule has 3 rings (SSSR count). The molecule has 2 aromatic carbocycles. The minimum absolute atomic E-state index is 0.0857. The van der Waals surface area contributed by atoms with Gasteiger partial charge in [-0.25, -0.2) is 8.42 Å². The van der Waals surface area contributed by atoms with E-state index < -0.39 is 27.9 Å². The van der Waals surface area contributed by atoms with Crippen molar-refractivity contribution in [3.63, 3.8) is 0 Å². The lowest BCUT2D eigenvalue weighted by atomic mass is 10.1. The number of carbonyl (C=O) groups excluding carboxylic acids is 2. The van der Waals surface area contributed by atoms with E-state index >= 15 is 0 Å². The maximum absolute atomic E-state index is 13.4. The average Bonchev–Trinajstić information content (AvgIpc) is 3.17. The number of nitrogens with one attached hydrogen (secondary N) is 2. The summed E-state index contributed by atoms with van der Waals surface area (Å²) in [6.45, 7) is 9.92. The molecule has 1 saturated heterocycles. The predicted octanol–water partition coefficient (Wildman–Crippen LogP) is 3.14. The number of rotatable bonds is 5. The lowest BCUT2D eigenvalue weighted by Gasteiger charge is -2.26. The number of anilines is 1. The summed E-state index contributed by atoms with van der Waals surface area (Å²) < 4.78 is 28.3. The second-order valence-electron chi connectivity index (χ2n) is 8.60. The Hall–Kier alpha value is -2.71. The Morgan fingerprint density at radius 2 is 1.59 bits per heavy atom. The zero-order chi connectivity index (χ0) is 23.6. The molecule has 0 radical (unpaired) electrons. The summed E-state index contributed by atoms with van der Waals surface area (Å²) in [5.41, 5.74) is 5.09. The molecule has 7 nitrogen and oxygen atoms in total. The second-order valence-corrected chi connectivity index (χ2v) is 10.4. The van der Waals surface area contributed by atoms with Gasteiger partial charge in [0.2, 0.25) is 10.0 Å². The van der Waals surface area contributed by atoms with Gasteiger partial charge in [0, 0.05) is 24.8 Å². The maximum Gasteiger partial charge on any atom is 0.313 e. The van der Waals surface area contributed by atoms with Crippen molar-refractivity contribution in [1.29, 1.82) is 0 Å². The Balaban J connectivity index is 1.68. The normalized spacial score (nSPS) is 16.7. The van der Waals surface area contributed by atoms with E-state index in [2.05, 4.69) is 10.6 Å². The smallest absolute Gasteiger partial charge is 0.313 e. The van der Waals surface area contributed by atoms with Gasteiger partial charge in [-0.2, -0.15) is 4.31 Å². The molecule has 1 heterocycles. The number of carbonyl (C=O) groups is 2. The van der Waals surface area contributed by atoms with Crippen LogP contribution < -0.4 is 10.6 Å². The van der Waals surface area contributed by atoms with Crippen LogP contribution in [0.4, 0.5) is 5.69 Å². The van der Waals surface area contributed by atoms with Crippen molar-refractivity contribution < 1.29 is 18.0 Å². The molecule has 8 heteroatoms. The molecule has 1 fully saturated rings. The van der Waals surface area contributed by atoms with Crippen LogP contribution in [0, 0.1) is 34.6 Å². The lowest BCUT2D eigenvalue weighted by molar-refractivity contribution is -0.136. The highest BCUT2D eigenvalue weighted by Crippen LogP contribution is 2.30. The molecule has 1 aliphatic rings. The second kappa shape index (κ2) is 9.42. The SMILES string of the molecule is Cc1cc(C)c(S(=O)(=O)N2CCC[C@@H]2CNC(=O)C(=O)Nc2ccc(C)c(C)c2)c(C)c1. The van der Waals surface area contributed by atoms with E-state index in [0.717, 1.165) is 16.7 Å². The molecule has 1 atom stereocenters. The van der Waals surface area contributed by atoms with Crippen molar-refractivity contribution in [3.05, 3.63) is 58.1 Å². The minimum Gasteiger partial charge on any atom is -0.346 e. The topological polar surface area (TPSA) is 95.6 Å². The molecule has 32 heavy (non-hydrogen) atoms. The van der Waals surface area contributed by atoms with Gasteiger partial charge in [-0.1, -0.05) is 23.8 Å². The first-order valence-corrected chi connectivity index (χ1v) is 12.2. The van der Waals surface area contributed by atoms with Crippen molar-refractivity contribution in [2.24, 2.45) is 0 Å². The third kappa shape index (κ3) is 5.02. The summed E-state index contributed by atoms with van der Waals surface area (Å²) in [6, 6.07) is 8.76. The van der Waals surface area contributed by atoms with E-state index in [1.807, 2.05) is 39.0 Å². The van der Waals surface area contributed by atoms with Gasteiger partial charge in [0.15, 0.2) is 0 Å². The number of hydrogen-bond acceptors (Lipinski definition) is 4. The third-order valence-corrected chi connectivity index (χ3v) is 8.22. The molecule has 2 amide bonds. The van der Waals surface area contributed by atoms with Crippen LogP contribution in [0.3, 0.4) is 0 Å². The van der Waals surface area contributed by atoms with Crippen LogP contribution in [0.1, 0.15) is 40.7 Å². The van der Waals surface area contributed by atoms with Crippen LogP contribution in [0.15, 0.2) is 35.2 Å². The van der Waals surface area contributed by atoms with Gasteiger partial charge < -0.3 is 10.6 Å². The summed E-state index contributed by atoms with van der Waals surface area (Å²) in [4.78, 5) is 24.9. The molecule has 0 aliphatic carbocycles. The van der Waals surface area contributed by atoms with Gasteiger partial charge in [0.1, 0.15) is 0 Å². The largest absolute Gasteiger partial charge is 0.346 e. The number of amides is 2. The summed E-state index contributed by atoms with van der Waals surface area (Å²) >= 11 is 0. The fourth-order valence-electron chi connectivity index (χ4n) is 4.32. The maximum atomic E-state index is 13.4. The van der Waals surface area contributed by atoms with Gasteiger partial charge in [0.25, 0.3) is 0 Å². The molecular formula is C24H31N3O4S. The molecule has 0 aromatic heterocycles. The summed E-state index contributed by atoms with van der Waals surface area (Å²) in [7, 11) is -3.71. The van der Waals surface area contributed by atoms with Crippen LogP contribution in [0.5, 0.6) is 0 Å². The van der Waals surface area contributed by atoms with E-state index in [1.54, 1.807) is 26.0 Å². The first-order valence-electron chi connectivity index (χ1n) is 10.8. The van der Waals surface area contributed by atoms with Gasteiger partial charge in [0.05, 0.1) is 4.90 Å². The molecule has 0 bridgehead atoms. The van der Waals surface area contributed by atoms with Crippen LogP contribution in [0.2, 0.25) is 0 Å². The minimum atomic E-state index is -3.71. The molecule has 172 valence electrons. The van der Waals surface area contributed by atoms with E-state index in [1.165, 1.54) is 4.31 Å². The third-order valence-electron chi connectivity index (χ3n) is 5.96. The van der Waals surface area contributed by atoms with Crippen LogP contribution in [0.25, 0.3) is 0 Å². The molecule has 0 saturated carbocycles. The van der Waals surface area contributed by atoms with Crippen molar-refractivity contribution in [1.82, 2.24) is 9.62 Å². The Labute approximate surface area is 190 Å². The van der Waals surface area contributed by atoms with Crippen molar-refractivity contribution in [3.8, 4) is 0 Å². The highest BCUT2D eigenvalue weighted by molar-refractivity contribution is 7.89. The monoisotopic (exact) mass is 457 g/mol. The lowest BCUT2D eigenvalue weighted by Crippen LogP contribution is -2.45. The van der Waals surface area contributed by atoms with Crippen LogP contribution in [-0.4, -0.2) is 43.7 Å². The first kappa shape index (κ1) is 23.9. The van der Waals surface area contributed by atoms with Crippen molar-refractivity contribution >= 4 is 27.5 Å². The number of aryl methyl sites for hydroxylation is 5. The zero-order valence-electron chi connectivity index (χ0n) is 19.3. The van der Waals surface area contributed by atoms with E-state index in [4.69, 9.17) is 0 Å². The van der Waals surface area contributed by atoms with Crippen molar-refractivity contribution in [2.75, 3.05) is 18.4 Å². The molecule has 2 aromatic rings. The Kier molecular flexibility index (Phi) is 7.05. The zero-order valence-corrected chi connectivity index (χ0v) is 20.1. The number of nitrogens with zero attached hydrogens (tertiary/aromatic N) is 1. The summed E-state index contributed by atoms with van der Waals surface area (Å²) in [5.74, 6) is -1.55. The average molecular weight is 458 g/mol.